The predicted octanol–water partition coefficient (Wildman–Crippen LogP) is 0.847. The van der Waals surface area contributed by atoms with Crippen molar-refractivity contribution in [2.24, 2.45) is 5.73 Å². The molecular formula is C3H13NU. The van der Waals surface area contributed by atoms with Crippen molar-refractivity contribution in [2.75, 3.05) is 7.05 Å². The Bertz CT molecular complexity index is 6.85. The number of hydrogen-bond donors (Lipinski definition) is 1. The van der Waals surface area contributed by atoms with Crippen molar-refractivity contribution in [1.82, 2.24) is 0 Å². The molecule has 0 aliphatic rings. The molecule has 0 fully saturated rings. The largest absolute Gasteiger partial charge is 0.333 e. The second-order valence-electron chi connectivity index (χ2n) is 0. The van der Waals surface area contributed by atoms with E-state index in [4.69, 9.17) is 0 Å². The average Bonchev–Trinajstić information content (AvgIpc) is 1.00. The van der Waals surface area contributed by atoms with E-state index in [1.54, 1.807) is 0 Å². The summed E-state index contributed by atoms with van der Waals surface area (Å²) < 4.78 is 0. The van der Waals surface area contributed by atoms with Crippen LogP contribution in [0.15, 0.2) is 0 Å². The van der Waals surface area contributed by atoms with Gasteiger partial charge in [0.1, 0.15) is 0 Å². The van der Waals surface area contributed by atoms with Crippen molar-refractivity contribution < 1.29 is 31.1 Å². The van der Waals surface area contributed by atoms with Crippen LogP contribution in [-0.2, 0) is 0 Å². The van der Waals surface area contributed by atoms with Crippen molar-refractivity contribution >= 4 is 0 Å². The molecule has 0 saturated heterocycles. The molecule has 0 bridgehead atoms. The average molecular weight is 301 g/mol. The fourth-order valence-electron chi connectivity index (χ4n) is 0. The molecule has 2 heteroatoms. The van der Waals surface area contributed by atoms with Gasteiger partial charge in [0.15, 0.2) is 0 Å². The monoisotopic (exact) mass is 301 g/mol. The fraction of sp³-hybridized carbons (Fsp3) is 1.00. The predicted molar refractivity (Wildman–Crippen MR) is 23.6 cm³/mol. The Morgan fingerprint density at radius 2 is 1.00 bits per heavy atom. The molecule has 0 aromatic rings. The summed E-state index contributed by atoms with van der Waals surface area (Å²) in [7, 11) is 1.50. The van der Waals surface area contributed by atoms with E-state index in [1.165, 1.54) is 7.05 Å². The first-order chi connectivity index (χ1) is 1.00. The molecule has 0 heterocycles. The maximum atomic E-state index is 4.50. The Morgan fingerprint density at radius 3 is 1.00 bits per heavy atom. The summed E-state index contributed by atoms with van der Waals surface area (Å²) in [6, 6.07) is 0. The minimum atomic E-state index is 0. The molecule has 0 saturated carbocycles. The van der Waals surface area contributed by atoms with Gasteiger partial charge in [-0.25, -0.2) is 0 Å². The SMILES string of the molecule is C.C.CN.[U]. The van der Waals surface area contributed by atoms with E-state index in [0.717, 1.165) is 0 Å². The van der Waals surface area contributed by atoms with Crippen molar-refractivity contribution in [1.29, 1.82) is 0 Å². The van der Waals surface area contributed by atoms with E-state index in [1.807, 2.05) is 0 Å². The second kappa shape index (κ2) is 78.8. The van der Waals surface area contributed by atoms with Gasteiger partial charge >= 0.3 is 0 Å². The third-order valence-electron chi connectivity index (χ3n) is 0. The maximum absolute atomic E-state index is 4.50. The van der Waals surface area contributed by atoms with Gasteiger partial charge in [-0.2, -0.15) is 0 Å². The summed E-state index contributed by atoms with van der Waals surface area (Å²) >= 11 is 0. The van der Waals surface area contributed by atoms with E-state index >= 15 is 0 Å². The van der Waals surface area contributed by atoms with Crippen LogP contribution in [0.3, 0.4) is 0 Å². The minimum absolute atomic E-state index is 0. The van der Waals surface area contributed by atoms with Crippen LogP contribution in [0.2, 0.25) is 0 Å². The smallest absolute Gasteiger partial charge is 0 e. The van der Waals surface area contributed by atoms with E-state index in [0.29, 0.717) is 0 Å². The van der Waals surface area contributed by atoms with Crippen LogP contribution < -0.4 is 5.73 Å². The molecule has 0 aromatic carbocycles. The van der Waals surface area contributed by atoms with Crippen LogP contribution in [0.1, 0.15) is 14.9 Å². The molecular weight excluding hydrogens is 288 g/mol. The van der Waals surface area contributed by atoms with Crippen LogP contribution >= 0.6 is 0 Å². The van der Waals surface area contributed by atoms with Crippen molar-refractivity contribution in [3.8, 4) is 0 Å². The molecule has 0 unspecified atom stereocenters. The van der Waals surface area contributed by atoms with E-state index < -0.39 is 0 Å². The van der Waals surface area contributed by atoms with Gasteiger partial charge in [0.2, 0.25) is 0 Å². The zero-order valence-electron chi connectivity index (χ0n) is 2.08. The van der Waals surface area contributed by atoms with Gasteiger partial charge in [0.25, 0.3) is 0 Å². The standard InChI is InChI=1S/CH5N.2CH4.U/c1-2;;;/h2H2,1H3;2*1H4;. The topological polar surface area (TPSA) is 26.0 Å². The van der Waals surface area contributed by atoms with Gasteiger partial charge < -0.3 is 5.73 Å². The zero-order valence-corrected chi connectivity index (χ0v) is 6.24. The first-order valence-corrected chi connectivity index (χ1v) is 0.577. The first-order valence-electron chi connectivity index (χ1n) is 0.577. The third kappa shape index (κ3) is 44.4. The molecule has 5 heavy (non-hydrogen) atoms. The second-order valence-corrected chi connectivity index (χ2v) is 0. The zero-order chi connectivity index (χ0) is 2.00. The van der Waals surface area contributed by atoms with Crippen LogP contribution in [0.5, 0.6) is 0 Å². The third-order valence-corrected chi connectivity index (χ3v) is 0. The molecule has 34 valence electrons. The van der Waals surface area contributed by atoms with Crippen molar-refractivity contribution in [2.45, 2.75) is 14.9 Å². The summed E-state index contributed by atoms with van der Waals surface area (Å²) in [5.41, 5.74) is 4.50. The summed E-state index contributed by atoms with van der Waals surface area (Å²) in [5.74, 6) is 0. The van der Waals surface area contributed by atoms with Gasteiger partial charge in [0, 0.05) is 31.1 Å². The van der Waals surface area contributed by atoms with Crippen LogP contribution in [-0.4, -0.2) is 7.05 Å². The fourth-order valence-corrected chi connectivity index (χ4v) is 0. The normalized spacial score (nSPS) is 1.20. The Balaban J connectivity index is -0.00000000167. The Hall–Kier alpha value is 1.01. The number of hydrogen-bond acceptors (Lipinski definition) is 1. The van der Waals surface area contributed by atoms with E-state index in [-0.39, 0.29) is 46.0 Å². The summed E-state index contributed by atoms with van der Waals surface area (Å²) in [5, 5.41) is 0. The van der Waals surface area contributed by atoms with Crippen LogP contribution in [0.25, 0.3) is 0 Å². The molecule has 2 N–H and O–H groups in total. The summed E-state index contributed by atoms with van der Waals surface area (Å²) in [6.07, 6.45) is 0. The van der Waals surface area contributed by atoms with Crippen LogP contribution in [0, 0.1) is 31.1 Å². The molecule has 0 aromatic heterocycles. The van der Waals surface area contributed by atoms with Gasteiger partial charge in [0.05, 0.1) is 0 Å². The van der Waals surface area contributed by atoms with Crippen LogP contribution in [0.4, 0.5) is 0 Å². The van der Waals surface area contributed by atoms with Crippen molar-refractivity contribution in [3.05, 3.63) is 0 Å². The van der Waals surface area contributed by atoms with Gasteiger partial charge in [-0.05, 0) is 7.05 Å². The molecule has 0 amide bonds. The van der Waals surface area contributed by atoms with Crippen molar-refractivity contribution in [3.63, 3.8) is 0 Å². The molecule has 0 aliphatic carbocycles. The molecule has 0 atom stereocenters. The van der Waals surface area contributed by atoms with Gasteiger partial charge in [-0.1, -0.05) is 14.9 Å². The van der Waals surface area contributed by atoms with E-state index in [9.17, 15) is 0 Å². The molecule has 1 nitrogen and oxygen atoms in total. The number of nitrogens with two attached hydrogens (primary N) is 1. The Morgan fingerprint density at radius 1 is 1.00 bits per heavy atom. The molecule has 0 rings (SSSR count). The maximum Gasteiger partial charge on any atom is 0 e. The number of rotatable bonds is 0. The van der Waals surface area contributed by atoms with Gasteiger partial charge in [-0.15, -0.1) is 0 Å². The summed E-state index contributed by atoms with van der Waals surface area (Å²) in [6.45, 7) is 0. The first kappa shape index (κ1) is 37.3. The molecule has 0 aliphatic heterocycles. The quantitative estimate of drug-likeness (QED) is 0.705. The van der Waals surface area contributed by atoms with Gasteiger partial charge in [-0.3, -0.25) is 0 Å². The minimum Gasteiger partial charge on any atom is -0.333 e. The summed E-state index contributed by atoms with van der Waals surface area (Å²) in [4.78, 5) is 0. The Labute approximate surface area is 58.7 Å². The molecule has 0 radical (unpaired) electrons. The molecule has 0 spiro atoms. The Kier molecular flexibility index (Phi) is 588. The van der Waals surface area contributed by atoms with E-state index in [2.05, 4.69) is 5.73 Å².